The molecule has 0 saturated heterocycles. The van der Waals surface area contributed by atoms with Crippen LogP contribution in [0.3, 0.4) is 0 Å². The van der Waals surface area contributed by atoms with E-state index in [0.29, 0.717) is 11.6 Å². The number of nitrogens with zero attached hydrogens (tertiary/aromatic N) is 1. The summed E-state index contributed by atoms with van der Waals surface area (Å²) in [5.41, 5.74) is 0.553. The van der Waals surface area contributed by atoms with Crippen molar-refractivity contribution in [3.05, 3.63) is 30.1 Å². The molecule has 100 valence electrons. The number of anilines is 1. The number of halogens is 2. The van der Waals surface area contributed by atoms with E-state index in [-0.39, 0.29) is 42.2 Å². The fourth-order valence-corrected chi connectivity index (χ4v) is 1.18. The molecule has 0 aliphatic carbocycles. The summed E-state index contributed by atoms with van der Waals surface area (Å²) >= 11 is 0. The number of guanidine groups is 1. The highest BCUT2D eigenvalue weighted by Crippen LogP contribution is 2.07. The lowest BCUT2D eigenvalue weighted by Gasteiger charge is -2.08. The van der Waals surface area contributed by atoms with Crippen molar-refractivity contribution in [2.75, 3.05) is 26.0 Å². The summed E-state index contributed by atoms with van der Waals surface area (Å²) in [5, 5.41) is 8.21. The Morgan fingerprint density at radius 2 is 1.94 bits per heavy atom. The number of benzene rings is 1. The highest BCUT2D eigenvalue weighted by atomic mass is 127. The van der Waals surface area contributed by atoms with Crippen molar-refractivity contribution >= 4 is 41.5 Å². The van der Waals surface area contributed by atoms with Gasteiger partial charge in [0.1, 0.15) is 5.82 Å². The number of aliphatic imine (C=N–C) groups is 1. The Hall–Kier alpha value is -1.38. The van der Waals surface area contributed by atoms with E-state index >= 15 is 0 Å². The van der Waals surface area contributed by atoms with Crippen LogP contribution in [-0.4, -0.2) is 32.5 Å². The van der Waals surface area contributed by atoms with E-state index in [4.69, 9.17) is 0 Å². The molecule has 3 N–H and O–H groups in total. The van der Waals surface area contributed by atoms with Crippen molar-refractivity contribution in [3.8, 4) is 0 Å². The van der Waals surface area contributed by atoms with Crippen molar-refractivity contribution < 1.29 is 9.18 Å². The molecule has 0 radical (unpaired) electrons. The number of carbonyl (C=O) groups is 1. The lowest BCUT2D eigenvalue weighted by molar-refractivity contribution is -0.115. The molecular weight excluding hydrogens is 350 g/mol. The Bertz CT molecular complexity index is 408. The molecule has 1 rings (SSSR count). The van der Waals surface area contributed by atoms with Gasteiger partial charge in [-0.2, -0.15) is 0 Å². The van der Waals surface area contributed by atoms with Crippen molar-refractivity contribution in [3.63, 3.8) is 0 Å². The van der Waals surface area contributed by atoms with E-state index in [9.17, 15) is 9.18 Å². The van der Waals surface area contributed by atoms with Crippen LogP contribution in [0.4, 0.5) is 10.1 Å². The second-order valence-corrected chi connectivity index (χ2v) is 3.23. The maximum absolute atomic E-state index is 12.6. The van der Waals surface area contributed by atoms with Gasteiger partial charge in [-0.25, -0.2) is 4.39 Å². The average Bonchev–Trinajstić information content (AvgIpc) is 2.33. The Morgan fingerprint density at radius 1 is 1.33 bits per heavy atom. The molecule has 0 aliphatic heterocycles. The summed E-state index contributed by atoms with van der Waals surface area (Å²) in [6.07, 6.45) is 0. The van der Waals surface area contributed by atoms with Gasteiger partial charge in [0.2, 0.25) is 5.91 Å². The van der Waals surface area contributed by atoms with Gasteiger partial charge < -0.3 is 16.0 Å². The largest absolute Gasteiger partial charge is 0.359 e. The van der Waals surface area contributed by atoms with Gasteiger partial charge in [0.15, 0.2) is 5.96 Å². The van der Waals surface area contributed by atoms with Crippen LogP contribution in [0.15, 0.2) is 29.3 Å². The number of amides is 1. The summed E-state index contributed by atoms with van der Waals surface area (Å²) in [6.45, 7) is 0.0882. The fourth-order valence-electron chi connectivity index (χ4n) is 1.18. The maximum Gasteiger partial charge on any atom is 0.243 e. The third kappa shape index (κ3) is 5.80. The topological polar surface area (TPSA) is 65.5 Å². The van der Waals surface area contributed by atoms with Crippen LogP contribution in [0.5, 0.6) is 0 Å². The third-order valence-corrected chi connectivity index (χ3v) is 2.00. The Kier molecular flexibility index (Phi) is 8.01. The lowest BCUT2D eigenvalue weighted by atomic mass is 10.3. The monoisotopic (exact) mass is 366 g/mol. The molecule has 1 aromatic rings. The van der Waals surface area contributed by atoms with Crippen LogP contribution in [0, 0.1) is 5.82 Å². The van der Waals surface area contributed by atoms with Gasteiger partial charge in [0, 0.05) is 19.8 Å². The summed E-state index contributed by atoms with van der Waals surface area (Å²) < 4.78 is 12.6. The number of hydrogen-bond acceptors (Lipinski definition) is 2. The van der Waals surface area contributed by atoms with Crippen LogP contribution < -0.4 is 16.0 Å². The van der Waals surface area contributed by atoms with Crippen LogP contribution in [0.2, 0.25) is 0 Å². The van der Waals surface area contributed by atoms with Crippen LogP contribution in [-0.2, 0) is 4.79 Å². The van der Waals surface area contributed by atoms with Gasteiger partial charge in [-0.1, -0.05) is 0 Å². The summed E-state index contributed by atoms with van der Waals surface area (Å²) in [6, 6.07) is 5.57. The van der Waals surface area contributed by atoms with Gasteiger partial charge >= 0.3 is 0 Å². The van der Waals surface area contributed by atoms with Gasteiger partial charge in [-0.3, -0.25) is 9.79 Å². The zero-order chi connectivity index (χ0) is 12.7. The van der Waals surface area contributed by atoms with Crippen LogP contribution in [0.25, 0.3) is 0 Å². The van der Waals surface area contributed by atoms with Gasteiger partial charge in [-0.15, -0.1) is 24.0 Å². The second-order valence-electron chi connectivity index (χ2n) is 3.23. The van der Waals surface area contributed by atoms with E-state index < -0.39 is 0 Å². The number of carbonyl (C=O) groups excluding carboxylic acids is 1. The fraction of sp³-hybridized carbons (Fsp3) is 0.273. The minimum absolute atomic E-state index is 0. The highest BCUT2D eigenvalue weighted by Gasteiger charge is 2.03. The standard InChI is InChI=1S/C11H15FN4O.HI/c1-13-11(14-2)15-7-10(17)16-9-5-3-8(12)4-6-9;/h3-6H,7H2,1-2H3,(H,16,17)(H2,13,14,15);1H. The summed E-state index contributed by atoms with van der Waals surface area (Å²) in [5.74, 6) is -0.0380. The summed E-state index contributed by atoms with van der Waals surface area (Å²) in [4.78, 5) is 15.3. The Morgan fingerprint density at radius 3 is 2.44 bits per heavy atom. The molecule has 1 aromatic carbocycles. The van der Waals surface area contributed by atoms with Crippen molar-refractivity contribution in [2.45, 2.75) is 0 Å². The molecule has 0 saturated carbocycles. The van der Waals surface area contributed by atoms with Crippen molar-refractivity contribution in [1.29, 1.82) is 0 Å². The first kappa shape index (κ1) is 16.6. The normalized spacial score (nSPS) is 10.3. The quantitative estimate of drug-likeness (QED) is 0.428. The molecule has 0 bridgehead atoms. The lowest BCUT2D eigenvalue weighted by Crippen LogP contribution is -2.39. The van der Waals surface area contributed by atoms with E-state index in [1.807, 2.05) is 0 Å². The van der Waals surface area contributed by atoms with Crippen LogP contribution >= 0.6 is 24.0 Å². The third-order valence-electron chi connectivity index (χ3n) is 2.00. The van der Waals surface area contributed by atoms with Gasteiger partial charge in [0.25, 0.3) is 0 Å². The Balaban J connectivity index is 0.00000289. The maximum atomic E-state index is 12.6. The van der Waals surface area contributed by atoms with E-state index in [0.717, 1.165) is 0 Å². The molecule has 0 spiro atoms. The van der Waals surface area contributed by atoms with Crippen molar-refractivity contribution in [1.82, 2.24) is 10.6 Å². The van der Waals surface area contributed by atoms with E-state index in [1.165, 1.54) is 24.3 Å². The first-order chi connectivity index (χ1) is 8.15. The molecule has 18 heavy (non-hydrogen) atoms. The van der Waals surface area contributed by atoms with Gasteiger partial charge in [0.05, 0.1) is 6.54 Å². The number of hydrogen-bond donors (Lipinski definition) is 3. The predicted octanol–water partition coefficient (Wildman–Crippen LogP) is 1.18. The predicted molar refractivity (Wildman–Crippen MR) is 80.9 cm³/mol. The Labute approximate surface area is 122 Å². The molecule has 0 unspecified atom stereocenters. The number of nitrogens with one attached hydrogen (secondary N) is 3. The molecule has 7 heteroatoms. The molecule has 0 atom stereocenters. The molecular formula is C11H16FIN4O. The minimum Gasteiger partial charge on any atom is -0.359 e. The second kappa shape index (κ2) is 8.67. The molecule has 0 aromatic heterocycles. The molecule has 0 aliphatic rings. The van der Waals surface area contributed by atoms with E-state index in [1.54, 1.807) is 14.1 Å². The highest BCUT2D eigenvalue weighted by molar-refractivity contribution is 14.0. The van der Waals surface area contributed by atoms with Crippen molar-refractivity contribution in [2.24, 2.45) is 4.99 Å². The minimum atomic E-state index is -0.336. The molecule has 0 fully saturated rings. The molecule has 1 amide bonds. The zero-order valence-electron chi connectivity index (χ0n) is 10.2. The van der Waals surface area contributed by atoms with Crippen LogP contribution in [0.1, 0.15) is 0 Å². The smallest absolute Gasteiger partial charge is 0.243 e. The number of rotatable bonds is 3. The molecule has 0 heterocycles. The first-order valence-corrected chi connectivity index (χ1v) is 5.09. The molecule has 5 nitrogen and oxygen atoms in total. The zero-order valence-corrected chi connectivity index (χ0v) is 12.5. The first-order valence-electron chi connectivity index (χ1n) is 5.09. The summed E-state index contributed by atoms with van der Waals surface area (Å²) in [7, 11) is 3.31. The van der Waals surface area contributed by atoms with E-state index in [2.05, 4.69) is 20.9 Å². The van der Waals surface area contributed by atoms with Gasteiger partial charge in [-0.05, 0) is 24.3 Å². The average molecular weight is 366 g/mol. The SMILES string of the molecule is CN=C(NC)NCC(=O)Nc1ccc(F)cc1.I.